The first-order valence-electron chi connectivity index (χ1n) is 2.38. The van der Waals surface area contributed by atoms with Crippen molar-refractivity contribution in [3.63, 3.8) is 0 Å². The minimum atomic E-state index is -1.09. The van der Waals surface area contributed by atoms with Crippen LogP contribution in [-0.4, -0.2) is 17.4 Å². The van der Waals surface area contributed by atoms with Gasteiger partial charge in [0.25, 0.3) is 0 Å². The molecule has 0 radical (unpaired) electrons. The zero-order chi connectivity index (χ0) is 7.02. The molecule has 1 aliphatic rings. The number of carbonyl (C=O) groups is 1. The molecule has 0 aromatic rings. The topological polar surface area (TPSA) is 46.5 Å². The molecular formula is C5H5BrO3. The molecule has 0 aliphatic carbocycles. The Hall–Kier alpha value is -0.350. The molecule has 9 heavy (non-hydrogen) atoms. The number of hydrogen-bond donors (Lipinski definition) is 1. The maximum absolute atomic E-state index is 10.5. The van der Waals surface area contributed by atoms with Crippen LogP contribution in [0.4, 0.5) is 0 Å². The largest absolute Gasteiger partial charge is 0.427 e. The van der Waals surface area contributed by atoms with Crippen LogP contribution < -0.4 is 0 Å². The minimum absolute atomic E-state index is 0.424. The van der Waals surface area contributed by atoms with E-state index in [9.17, 15) is 4.79 Å². The van der Waals surface area contributed by atoms with Crippen LogP contribution in [0.5, 0.6) is 0 Å². The van der Waals surface area contributed by atoms with Crippen molar-refractivity contribution in [1.29, 1.82) is 0 Å². The zero-order valence-electron chi connectivity index (χ0n) is 4.72. The summed E-state index contributed by atoms with van der Waals surface area (Å²) in [6.45, 7) is 1.59. The molecule has 0 bridgehead atoms. The SMILES string of the molecule is CC1=C(Br)C(O)OC1=O. The fraction of sp³-hybridized carbons (Fsp3) is 0.400. The van der Waals surface area contributed by atoms with E-state index in [4.69, 9.17) is 5.11 Å². The second-order valence-electron chi connectivity index (χ2n) is 1.73. The van der Waals surface area contributed by atoms with Gasteiger partial charge in [0.2, 0.25) is 6.29 Å². The van der Waals surface area contributed by atoms with Gasteiger partial charge in [-0.15, -0.1) is 0 Å². The molecule has 1 aliphatic heterocycles. The van der Waals surface area contributed by atoms with Crippen LogP contribution in [0.2, 0.25) is 0 Å². The van der Waals surface area contributed by atoms with E-state index in [1.807, 2.05) is 0 Å². The molecule has 1 rings (SSSR count). The second-order valence-corrected chi connectivity index (χ2v) is 2.58. The predicted octanol–water partition coefficient (Wildman–Crippen LogP) is 0.530. The molecule has 50 valence electrons. The number of hydrogen-bond acceptors (Lipinski definition) is 3. The molecule has 1 N–H and O–H groups in total. The lowest BCUT2D eigenvalue weighted by Gasteiger charge is -1.98. The molecule has 0 amide bonds. The van der Waals surface area contributed by atoms with Crippen LogP contribution in [-0.2, 0) is 9.53 Å². The molecule has 0 saturated carbocycles. The lowest BCUT2D eigenvalue weighted by atomic mass is 10.3. The highest BCUT2D eigenvalue weighted by Crippen LogP contribution is 2.24. The van der Waals surface area contributed by atoms with Crippen LogP contribution in [0.25, 0.3) is 0 Å². The Morgan fingerprint density at radius 2 is 2.33 bits per heavy atom. The van der Waals surface area contributed by atoms with Gasteiger partial charge in [-0.2, -0.15) is 0 Å². The highest BCUT2D eigenvalue weighted by atomic mass is 79.9. The normalized spacial score (nSPS) is 27.0. The maximum Gasteiger partial charge on any atom is 0.337 e. The molecule has 1 unspecified atom stereocenters. The number of ether oxygens (including phenoxy) is 1. The van der Waals surface area contributed by atoms with E-state index in [1.165, 1.54) is 0 Å². The standard InChI is InChI=1S/C5H5BrO3/c1-2-3(6)5(8)9-4(2)7/h5,8H,1H3. The van der Waals surface area contributed by atoms with Crippen molar-refractivity contribution in [2.24, 2.45) is 0 Å². The Kier molecular flexibility index (Phi) is 1.59. The van der Waals surface area contributed by atoms with Gasteiger partial charge in [-0.25, -0.2) is 4.79 Å². The molecule has 0 aromatic carbocycles. The van der Waals surface area contributed by atoms with E-state index >= 15 is 0 Å². The fourth-order valence-electron chi connectivity index (χ4n) is 0.524. The van der Waals surface area contributed by atoms with Crippen LogP contribution in [0.3, 0.4) is 0 Å². The van der Waals surface area contributed by atoms with Gasteiger partial charge < -0.3 is 9.84 Å². The summed E-state index contributed by atoms with van der Waals surface area (Å²) in [6.07, 6.45) is -1.09. The maximum atomic E-state index is 10.5. The van der Waals surface area contributed by atoms with Crippen molar-refractivity contribution in [2.45, 2.75) is 13.2 Å². The van der Waals surface area contributed by atoms with Crippen molar-refractivity contribution in [3.05, 3.63) is 10.1 Å². The molecule has 1 atom stereocenters. The van der Waals surface area contributed by atoms with Crippen LogP contribution in [0.15, 0.2) is 10.1 Å². The first-order chi connectivity index (χ1) is 4.13. The monoisotopic (exact) mass is 192 g/mol. The quantitative estimate of drug-likeness (QED) is 0.570. The lowest BCUT2D eigenvalue weighted by molar-refractivity contribution is -0.151. The summed E-state index contributed by atoms with van der Waals surface area (Å²) in [7, 11) is 0. The summed E-state index contributed by atoms with van der Waals surface area (Å²) >= 11 is 2.99. The molecule has 1 heterocycles. The summed E-state index contributed by atoms with van der Waals surface area (Å²) in [5, 5.41) is 8.79. The van der Waals surface area contributed by atoms with Crippen molar-refractivity contribution >= 4 is 21.9 Å². The van der Waals surface area contributed by atoms with E-state index < -0.39 is 12.3 Å². The van der Waals surface area contributed by atoms with Crippen molar-refractivity contribution in [1.82, 2.24) is 0 Å². The van der Waals surface area contributed by atoms with Crippen molar-refractivity contribution < 1.29 is 14.6 Å². The zero-order valence-corrected chi connectivity index (χ0v) is 6.31. The highest BCUT2D eigenvalue weighted by Gasteiger charge is 2.27. The van der Waals surface area contributed by atoms with Crippen LogP contribution in [0, 0.1) is 0 Å². The second kappa shape index (κ2) is 2.11. The van der Waals surface area contributed by atoms with E-state index in [2.05, 4.69) is 20.7 Å². The minimum Gasteiger partial charge on any atom is -0.427 e. The van der Waals surface area contributed by atoms with Gasteiger partial charge in [0.15, 0.2) is 0 Å². The molecule has 0 spiro atoms. The van der Waals surface area contributed by atoms with Gasteiger partial charge in [0.1, 0.15) is 0 Å². The number of aliphatic hydroxyl groups excluding tert-OH is 1. The van der Waals surface area contributed by atoms with E-state index in [-0.39, 0.29) is 0 Å². The Balaban J connectivity index is 2.92. The average Bonchev–Trinajstić information content (AvgIpc) is 1.98. The summed E-state index contributed by atoms with van der Waals surface area (Å²) in [5.41, 5.74) is 0.433. The molecule has 3 nitrogen and oxygen atoms in total. The van der Waals surface area contributed by atoms with Gasteiger partial charge in [-0.05, 0) is 22.9 Å². The number of halogens is 1. The molecule has 0 aromatic heterocycles. The van der Waals surface area contributed by atoms with E-state index in [0.29, 0.717) is 10.1 Å². The van der Waals surface area contributed by atoms with Crippen molar-refractivity contribution in [2.75, 3.05) is 0 Å². The van der Waals surface area contributed by atoms with E-state index in [0.717, 1.165) is 0 Å². The Morgan fingerprint density at radius 1 is 1.78 bits per heavy atom. The molecule has 0 saturated heterocycles. The summed E-state index contributed by atoms with van der Waals surface area (Å²) in [5.74, 6) is -0.464. The summed E-state index contributed by atoms with van der Waals surface area (Å²) in [4.78, 5) is 10.5. The molecular weight excluding hydrogens is 188 g/mol. The lowest BCUT2D eigenvalue weighted by Crippen LogP contribution is -2.07. The van der Waals surface area contributed by atoms with Gasteiger partial charge in [0.05, 0.1) is 10.1 Å². The Morgan fingerprint density at radius 3 is 2.44 bits per heavy atom. The Labute approximate surface area is 60.4 Å². The number of aliphatic hydroxyl groups is 1. The van der Waals surface area contributed by atoms with Crippen LogP contribution in [0.1, 0.15) is 6.92 Å². The molecule has 0 fully saturated rings. The summed E-state index contributed by atoms with van der Waals surface area (Å²) < 4.78 is 4.80. The number of esters is 1. The van der Waals surface area contributed by atoms with Crippen molar-refractivity contribution in [3.8, 4) is 0 Å². The van der Waals surface area contributed by atoms with Gasteiger partial charge in [-0.1, -0.05) is 0 Å². The summed E-state index contributed by atoms with van der Waals surface area (Å²) in [6, 6.07) is 0. The van der Waals surface area contributed by atoms with E-state index in [1.54, 1.807) is 6.92 Å². The molecule has 4 heteroatoms. The first kappa shape index (κ1) is 6.77. The number of rotatable bonds is 0. The third-order valence-corrected chi connectivity index (χ3v) is 2.09. The average molecular weight is 193 g/mol. The predicted molar refractivity (Wildman–Crippen MR) is 33.7 cm³/mol. The number of carbonyl (C=O) groups excluding carboxylic acids is 1. The number of cyclic esters (lactones) is 1. The van der Waals surface area contributed by atoms with Gasteiger partial charge in [0, 0.05) is 0 Å². The Bertz CT molecular complexity index is 185. The first-order valence-corrected chi connectivity index (χ1v) is 3.17. The van der Waals surface area contributed by atoms with Crippen LogP contribution >= 0.6 is 15.9 Å². The smallest absolute Gasteiger partial charge is 0.337 e. The third kappa shape index (κ3) is 0.997. The fourth-order valence-corrected chi connectivity index (χ4v) is 0.780. The van der Waals surface area contributed by atoms with Gasteiger partial charge in [-0.3, -0.25) is 0 Å². The highest BCUT2D eigenvalue weighted by molar-refractivity contribution is 9.11. The third-order valence-electron chi connectivity index (χ3n) is 1.10. The van der Waals surface area contributed by atoms with Gasteiger partial charge >= 0.3 is 5.97 Å².